The van der Waals surface area contributed by atoms with Gasteiger partial charge < -0.3 is 9.47 Å². The molecule has 0 N–H and O–H groups in total. The molecule has 0 radical (unpaired) electrons. The number of alkyl halides is 2. The van der Waals surface area contributed by atoms with Crippen LogP contribution in [0.15, 0.2) is 0 Å². The first-order chi connectivity index (χ1) is 8.54. The van der Waals surface area contributed by atoms with E-state index in [1.807, 2.05) is 22.6 Å². The van der Waals surface area contributed by atoms with Crippen LogP contribution >= 0.6 is 34.2 Å². The summed E-state index contributed by atoms with van der Waals surface area (Å²) < 4.78 is 34.2. The molecule has 0 spiro atoms. The topological polar surface area (TPSA) is 44.2 Å². The van der Waals surface area contributed by atoms with Crippen molar-refractivity contribution in [2.75, 3.05) is 20.3 Å². The molecule has 8 heteroatoms. The Morgan fingerprint density at radius 1 is 1.39 bits per heavy atom. The van der Waals surface area contributed by atoms with Gasteiger partial charge in [0.15, 0.2) is 0 Å². The summed E-state index contributed by atoms with van der Waals surface area (Å²) in [6, 6.07) is 0. The smallest absolute Gasteiger partial charge is 0.261 e. The van der Waals surface area contributed by atoms with Gasteiger partial charge in [0.2, 0.25) is 0 Å². The van der Waals surface area contributed by atoms with E-state index in [-0.39, 0.29) is 6.61 Å². The normalized spacial score (nSPS) is 11.2. The fourth-order valence-electron chi connectivity index (χ4n) is 1.19. The highest BCUT2D eigenvalue weighted by Gasteiger charge is 2.11. The molecule has 0 aromatic carbocycles. The number of hydrogen-bond acceptors (Lipinski definition) is 4. The number of hydrogen-bond donors (Lipinski definition) is 0. The first-order valence-electron chi connectivity index (χ1n) is 5.10. The molecule has 1 aromatic heterocycles. The third kappa shape index (κ3) is 5.25. The van der Waals surface area contributed by atoms with E-state index >= 15 is 0 Å². The van der Waals surface area contributed by atoms with Crippen molar-refractivity contribution in [2.24, 2.45) is 0 Å². The molecule has 0 saturated heterocycles. The van der Waals surface area contributed by atoms with Crippen molar-refractivity contribution in [3.63, 3.8) is 0 Å². The Kier molecular flexibility index (Phi) is 7.20. The van der Waals surface area contributed by atoms with E-state index in [1.54, 1.807) is 7.11 Å². The molecule has 0 aliphatic heterocycles. The van der Waals surface area contributed by atoms with Crippen LogP contribution in [0, 0.1) is 3.57 Å². The zero-order valence-electron chi connectivity index (χ0n) is 9.63. The van der Waals surface area contributed by atoms with E-state index < -0.39 is 13.0 Å². The third-order valence-corrected chi connectivity index (χ3v) is 3.65. The molecule has 0 aliphatic rings. The zero-order chi connectivity index (χ0) is 13.5. The van der Waals surface area contributed by atoms with E-state index in [1.165, 1.54) is 0 Å². The van der Waals surface area contributed by atoms with Crippen LogP contribution in [0.2, 0.25) is 5.15 Å². The van der Waals surface area contributed by atoms with Gasteiger partial charge in [-0.2, -0.15) is 0 Å². The molecule has 4 nitrogen and oxygen atoms in total. The van der Waals surface area contributed by atoms with Gasteiger partial charge in [-0.25, -0.2) is 18.7 Å². The second-order valence-electron chi connectivity index (χ2n) is 3.34. The summed E-state index contributed by atoms with van der Waals surface area (Å²) in [6.07, 6.45) is -2.13. The molecule has 0 amide bonds. The minimum absolute atomic E-state index is 0.133. The highest BCUT2D eigenvalue weighted by molar-refractivity contribution is 14.1. The molecule has 0 fully saturated rings. The maximum Gasteiger partial charge on any atom is 0.261 e. The van der Waals surface area contributed by atoms with Gasteiger partial charge in [0.1, 0.15) is 17.6 Å². The summed E-state index contributed by atoms with van der Waals surface area (Å²) in [6.45, 7) is -0.123. The van der Waals surface area contributed by atoms with Crippen molar-refractivity contribution in [3.8, 4) is 0 Å². The van der Waals surface area contributed by atoms with Crippen LogP contribution in [0.3, 0.4) is 0 Å². The maximum absolute atomic E-state index is 11.8. The molecule has 0 saturated carbocycles. The monoisotopic (exact) mass is 392 g/mol. The summed E-state index contributed by atoms with van der Waals surface area (Å²) in [5.41, 5.74) is 0.682. The summed E-state index contributed by atoms with van der Waals surface area (Å²) in [5.74, 6) is 0.460. The van der Waals surface area contributed by atoms with Crippen LogP contribution in [0.4, 0.5) is 8.78 Å². The molecule has 0 bridgehead atoms. The maximum atomic E-state index is 11.8. The van der Waals surface area contributed by atoms with Crippen LogP contribution in [0.1, 0.15) is 11.5 Å². The average Bonchev–Trinajstić information content (AvgIpc) is 2.31. The number of aromatic nitrogens is 2. The van der Waals surface area contributed by atoms with Gasteiger partial charge in [-0.15, -0.1) is 0 Å². The largest absolute Gasteiger partial charge is 0.378 e. The van der Waals surface area contributed by atoms with Gasteiger partial charge in [-0.3, -0.25) is 0 Å². The first-order valence-corrected chi connectivity index (χ1v) is 6.56. The fourth-order valence-corrected chi connectivity index (χ4v) is 1.79. The molecular formula is C10H12ClF2IN2O2. The van der Waals surface area contributed by atoms with Crippen molar-refractivity contribution in [3.05, 3.63) is 20.2 Å². The quantitative estimate of drug-likeness (QED) is 0.407. The Balaban J connectivity index is 2.60. The van der Waals surface area contributed by atoms with Crippen molar-refractivity contribution >= 4 is 34.2 Å². The van der Waals surface area contributed by atoms with Crippen LogP contribution < -0.4 is 0 Å². The van der Waals surface area contributed by atoms with Crippen molar-refractivity contribution in [1.29, 1.82) is 0 Å². The predicted molar refractivity (Wildman–Crippen MR) is 71.0 cm³/mol. The average molecular weight is 393 g/mol. The molecule has 102 valence electrons. The fraction of sp³-hybridized carbons (Fsp3) is 0.600. The van der Waals surface area contributed by atoms with Crippen LogP contribution in [0.25, 0.3) is 0 Å². The van der Waals surface area contributed by atoms with Crippen LogP contribution in [-0.4, -0.2) is 36.7 Å². The zero-order valence-corrected chi connectivity index (χ0v) is 12.5. The second-order valence-corrected chi connectivity index (χ2v) is 4.78. The van der Waals surface area contributed by atoms with E-state index in [2.05, 4.69) is 9.97 Å². The third-order valence-electron chi connectivity index (χ3n) is 1.92. The van der Waals surface area contributed by atoms with Crippen LogP contribution in [-0.2, 0) is 22.5 Å². The molecule has 0 unspecified atom stereocenters. The molecule has 0 aliphatic carbocycles. The van der Waals surface area contributed by atoms with Crippen molar-refractivity contribution in [2.45, 2.75) is 19.5 Å². The van der Waals surface area contributed by atoms with E-state index in [0.717, 1.165) is 3.57 Å². The number of rotatable bonds is 7. The van der Waals surface area contributed by atoms with E-state index in [4.69, 9.17) is 21.1 Å². The molecule has 1 heterocycles. The number of halogens is 4. The number of ether oxygens (including phenoxy) is 2. The Labute approximate surface area is 122 Å². The van der Waals surface area contributed by atoms with Gasteiger partial charge in [0.25, 0.3) is 6.43 Å². The summed E-state index contributed by atoms with van der Waals surface area (Å²) >= 11 is 7.97. The Bertz CT molecular complexity index is 396. The van der Waals surface area contributed by atoms with Gasteiger partial charge >= 0.3 is 0 Å². The summed E-state index contributed by atoms with van der Waals surface area (Å²) in [7, 11) is 1.55. The molecular weight excluding hydrogens is 380 g/mol. The highest BCUT2D eigenvalue weighted by Crippen LogP contribution is 2.19. The van der Waals surface area contributed by atoms with Gasteiger partial charge in [-0.1, -0.05) is 11.6 Å². The molecule has 0 atom stereocenters. The second kappa shape index (κ2) is 8.13. The summed E-state index contributed by atoms with van der Waals surface area (Å²) in [4.78, 5) is 8.30. The van der Waals surface area contributed by atoms with Gasteiger partial charge in [-0.05, 0) is 22.6 Å². The van der Waals surface area contributed by atoms with Gasteiger partial charge in [0.05, 0.1) is 22.5 Å². The number of methoxy groups -OCH3 is 1. The van der Waals surface area contributed by atoms with Crippen molar-refractivity contribution in [1.82, 2.24) is 9.97 Å². The highest BCUT2D eigenvalue weighted by atomic mass is 127. The van der Waals surface area contributed by atoms with E-state index in [9.17, 15) is 8.78 Å². The lowest BCUT2D eigenvalue weighted by Gasteiger charge is -2.08. The van der Waals surface area contributed by atoms with Crippen molar-refractivity contribution < 1.29 is 18.3 Å². The lowest BCUT2D eigenvalue weighted by molar-refractivity contribution is 0.0182. The van der Waals surface area contributed by atoms with Gasteiger partial charge in [0, 0.05) is 13.5 Å². The van der Waals surface area contributed by atoms with E-state index in [0.29, 0.717) is 29.7 Å². The Morgan fingerprint density at radius 3 is 2.72 bits per heavy atom. The minimum Gasteiger partial charge on any atom is -0.378 e. The Morgan fingerprint density at radius 2 is 2.11 bits per heavy atom. The lowest BCUT2D eigenvalue weighted by atomic mass is 10.3. The predicted octanol–water partition coefficient (Wildman–Crippen LogP) is 2.71. The standard InChI is InChI=1S/C10H12ClF2IN2O2/c1-17-4-6-9(14)10(11)16-8(15-6)2-3-18-5-7(12)13/h7H,2-5H2,1H3. The van der Waals surface area contributed by atoms with Crippen LogP contribution in [0.5, 0.6) is 0 Å². The number of nitrogens with zero attached hydrogens (tertiary/aromatic N) is 2. The SMILES string of the molecule is COCc1nc(CCOCC(F)F)nc(Cl)c1I. The molecule has 18 heavy (non-hydrogen) atoms. The minimum atomic E-state index is -2.46. The lowest BCUT2D eigenvalue weighted by Crippen LogP contribution is -2.10. The molecule has 1 aromatic rings. The first kappa shape index (κ1) is 15.9. The summed E-state index contributed by atoms with van der Waals surface area (Å²) in [5, 5.41) is 0.335. The molecule has 1 rings (SSSR count). The Hall–Kier alpha value is -0.120.